The van der Waals surface area contributed by atoms with Gasteiger partial charge in [-0.05, 0) is 135 Å². The molecular formula is C54H41BrFN7O4S. The number of aromatic nitrogens is 4. The fraction of sp³-hybridized carbons (Fsp3) is 0.0370. The second-order valence-corrected chi connectivity index (χ2v) is 18.3. The van der Waals surface area contributed by atoms with Gasteiger partial charge in [0, 0.05) is 21.4 Å². The Kier molecular flexibility index (Phi) is 12.6. The number of primary sulfonamides is 1. The van der Waals surface area contributed by atoms with E-state index in [4.69, 9.17) is 5.14 Å². The SMILES string of the molecule is Cc1cc(C(=O)Nc2ccc(-c3ccccc3)cc2)n(-c2cc3ccccc3cc2F)n1.Cc1cc(C(=O)Nc2ccc(-c3ccccc3S(N)(=O)=O)cc2)n(-c2cc3ccccc3cc2Br)n1. The number of hydrogen-bond donors (Lipinski definition) is 3. The van der Waals surface area contributed by atoms with Gasteiger partial charge in [0.1, 0.15) is 22.9 Å². The number of halogens is 2. The molecule has 0 aliphatic rings. The fourth-order valence-electron chi connectivity index (χ4n) is 7.87. The summed E-state index contributed by atoms with van der Waals surface area (Å²) >= 11 is 3.62. The van der Waals surface area contributed by atoms with Gasteiger partial charge in [0.15, 0.2) is 0 Å². The van der Waals surface area contributed by atoms with E-state index in [2.05, 4.69) is 36.8 Å². The van der Waals surface area contributed by atoms with E-state index in [1.165, 1.54) is 16.8 Å². The first-order valence-electron chi connectivity index (χ1n) is 21.3. The number of amides is 2. The molecule has 0 aliphatic heterocycles. The number of carbonyl (C=O) groups excluding carboxylic acids is 2. The molecule has 336 valence electrons. The van der Waals surface area contributed by atoms with Gasteiger partial charge in [-0.25, -0.2) is 27.3 Å². The van der Waals surface area contributed by atoms with Crippen molar-refractivity contribution in [3.8, 4) is 33.6 Å². The first kappa shape index (κ1) is 45.1. The van der Waals surface area contributed by atoms with Crippen molar-refractivity contribution < 1.29 is 22.4 Å². The van der Waals surface area contributed by atoms with Gasteiger partial charge in [-0.2, -0.15) is 10.2 Å². The summed E-state index contributed by atoms with van der Waals surface area (Å²) in [6.45, 7) is 3.61. The van der Waals surface area contributed by atoms with E-state index in [1.807, 2.05) is 122 Å². The summed E-state index contributed by atoms with van der Waals surface area (Å²) in [7, 11) is -3.88. The molecule has 0 spiro atoms. The normalized spacial score (nSPS) is 11.2. The number of aryl methyl sites for hydroxylation is 2. The lowest BCUT2D eigenvalue weighted by Gasteiger charge is -2.12. The molecule has 0 bridgehead atoms. The zero-order chi connectivity index (χ0) is 47.5. The van der Waals surface area contributed by atoms with Gasteiger partial charge in [0.25, 0.3) is 11.8 Å². The van der Waals surface area contributed by atoms with Crippen LogP contribution in [-0.4, -0.2) is 39.8 Å². The summed E-state index contributed by atoms with van der Waals surface area (Å²) in [5, 5.41) is 23.9. The Morgan fingerprint density at radius 1 is 0.529 bits per heavy atom. The highest BCUT2D eigenvalue weighted by molar-refractivity contribution is 9.10. The van der Waals surface area contributed by atoms with Crippen molar-refractivity contribution in [2.24, 2.45) is 5.14 Å². The fourth-order valence-corrected chi connectivity index (χ4v) is 9.16. The number of hydrogen-bond acceptors (Lipinski definition) is 6. The molecule has 0 radical (unpaired) electrons. The van der Waals surface area contributed by atoms with Crippen LogP contribution >= 0.6 is 15.9 Å². The maximum atomic E-state index is 14.9. The van der Waals surface area contributed by atoms with Crippen molar-refractivity contribution >= 4 is 70.7 Å². The van der Waals surface area contributed by atoms with E-state index >= 15 is 0 Å². The van der Waals surface area contributed by atoms with Crippen LogP contribution in [0.4, 0.5) is 15.8 Å². The van der Waals surface area contributed by atoms with E-state index in [0.29, 0.717) is 39.6 Å². The monoisotopic (exact) mass is 981 g/mol. The van der Waals surface area contributed by atoms with Crippen LogP contribution in [0.2, 0.25) is 0 Å². The second kappa shape index (κ2) is 19.1. The smallest absolute Gasteiger partial charge is 0.274 e. The average molecular weight is 983 g/mol. The van der Waals surface area contributed by atoms with Crippen LogP contribution in [0, 0.1) is 19.7 Å². The molecule has 11 nitrogen and oxygen atoms in total. The number of nitrogens with one attached hydrogen (secondary N) is 2. The molecule has 2 heterocycles. The zero-order valence-electron chi connectivity index (χ0n) is 36.6. The third-order valence-corrected chi connectivity index (χ3v) is 12.7. The number of nitrogens with zero attached hydrogens (tertiary/aromatic N) is 4. The lowest BCUT2D eigenvalue weighted by Crippen LogP contribution is -2.17. The minimum atomic E-state index is -3.88. The van der Waals surface area contributed by atoms with Crippen LogP contribution in [0.1, 0.15) is 32.4 Å². The number of sulfonamides is 1. The van der Waals surface area contributed by atoms with E-state index in [0.717, 1.165) is 42.8 Å². The zero-order valence-corrected chi connectivity index (χ0v) is 39.0. The van der Waals surface area contributed by atoms with E-state index in [9.17, 15) is 22.4 Å². The molecule has 68 heavy (non-hydrogen) atoms. The summed E-state index contributed by atoms with van der Waals surface area (Å²) < 4.78 is 42.6. The van der Waals surface area contributed by atoms with E-state index < -0.39 is 15.8 Å². The van der Waals surface area contributed by atoms with E-state index in [1.54, 1.807) is 72.3 Å². The number of rotatable bonds is 9. The third-order valence-electron chi connectivity index (χ3n) is 11.1. The van der Waals surface area contributed by atoms with Crippen LogP contribution in [-0.2, 0) is 10.0 Å². The summed E-state index contributed by atoms with van der Waals surface area (Å²) in [6.07, 6.45) is 0. The van der Waals surface area contributed by atoms with Crippen molar-refractivity contribution in [3.63, 3.8) is 0 Å². The first-order chi connectivity index (χ1) is 32.8. The minimum Gasteiger partial charge on any atom is -0.321 e. The molecule has 4 N–H and O–H groups in total. The van der Waals surface area contributed by atoms with Crippen molar-refractivity contribution in [3.05, 3.63) is 221 Å². The van der Waals surface area contributed by atoms with Gasteiger partial charge in [-0.15, -0.1) is 0 Å². The van der Waals surface area contributed by atoms with Crippen molar-refractivity contribution in [1.82, 2.24) is 19.6 Å². The van der Waals surface area contributed by atoms with Gasteiger partial charge in [0.05, 0.1) is 22.0 Å². The van der Waals surface area contributed by atoms with Crippen molar-refractivity contribution in [2.45, 2.75) is 18.7 Å². The average Bonchev–Trinajstić information content (AvgIpc) is 3.94. The first-order valence-corrected chi connectivity index (χ1v) is 23.6. The quantitative estimate of drug-likeness (QED) is 0.131. The Morgan fingerprint density at radius 2 is 0.956 bits per heavy atom. The molecule has 0 atom stereocenters. The highest BCUT2D eigenvalue weighted by atomic mass is 79.9. The molecule has 0 saturated heterocycles. The maximum absolute atomic E-state index is 14.9. The molecule has 0 unspecified atom stereocenters. The molecule has 10 rings (SSSR count). The maximum Gasteiger partial charge on any atom is 0.274 e. The largest absolute Gasteiger partial charge is 0.321 e. The second-order valence-electron chi connectivity index (χ2n) is 15.9. The molecule has 0 fully saturated rings. The molecule has 0 aliphatic carbocycles. The number of nitrogens with two attached hydrogens (primary N) is 1. The van der Waals surface area contributed by atoms with Gasteiger partial charge in [-0.3, -0.25) is 9.59 Å². The van der Waals surface area contributed by atoms with Gasteiger partial charge in [0.2, 0.25) is 10.0 Å². The predicted octanol–water partition coefficient (Wildman–Crippen LogP) is 12.1. The number of anilines is 2. The molecule has 2 amide bonds. The molecule has 0 saturated carbocycles. The van der Waals surface area contributed by atoms with Crippen LogP contribution in [0.25, 0.3) is 55.2 Å². The summed E-state index contributed by atoms with van der Waals surface area (Å²) in [4.78, 5) is 26.4. The van der Waals surface area contributed by atoms with Crippen molar-refractivity contribution in [1.29, 1.82) is 0 Å². The number of fused-ring (bicyclic) bond motifs is 2. The summed E-state index contributed by atoms with van der Waals surface area (Å²) in [6, 6.07) is 57.1. The highest BCUT2D eigenvalue weighted by Crippen LogP contribution is 2.31. The Bertz CT molecular complexity index is 3630. The van der Waals surface area contributed by atoms with Gasteiger partial charge < -0.3 is 10.6 Å². The third kappa shape index (κ3) is 9.74. The standard InChI is InChI=1S/C27H21BrN4O3S.C27H20FN3O/c1-17-14-25(32(31-17)24-16-20-7-3-2-6-19(20)15-23(24)28)27(33)30-21-12-10-18(11-13-21)22-8-4-5-9-26(22)36(29,34)35;1-18-15-26(31(30-18)25-17-22-10-6-5-9-21(22)16-24(25)28)27(32)29-23-13-11-20(12-14-23)19-7-3-2-4-8-19/h2-16H,1H3,(H,30,33)(H2,29,34,35);2-17H,1H3,(H,29,32). The molecule has 10 aromatic rings. The molecule has 2 aromatic heterocycles. The van der Waals surface area contributed by atoms with Crippen LogP contribution in [0.5, 0.6) is 0 Å². The topological polar surface area (TPSA) is 154 Å². The molecular weight excluding hydrogens is 942 g/mol. The van der Waals surface area contributed by atoms with Crippen molar-refractivity contribution in [2.75, 3.05) is 10.6 Å². The Labute approximate surface area is 399 Å². The van der Waals surface area contributed by atoms with E-state index in [-0.39, 0.29) is 28.1 Å². The lowest BCUT2D eigenvalue weighted by atomic mass is 10.1. The summed E-state index contributed by atoms with van der Waals surface area (Å²) in [5.74, 6) is -1.12. The predicted molar refractivity (Wildman–Crippen MR) is 270 cm³/mol. The van der Waals surface area contributed by atoms with Crippen LogP contribution < -0.4 is 15.8 Å². The Hall–Kier alpha value is -8.04. The minimum absolute atomic E-state index is 0.0436. The van der Waals surface area contributed by atoms with Crippen LogP contribution in [0.15, 0.2) is 197 Å². The van der Waals surface area contributed by atoms with Crippen LogP contribution in [0.3, 0.4) is 0 Å². The van der Waals surface area contributed by atoms with Gasteiger partial charge in [-0.1, -0.05) is 121 Å². The van der Waals surface area contributed by atoms with Gasteiger partial charge >= 0.3 is 0 Å². The number of benzene rings is 8. The molecule has 8 aromatic carbocycles. The lowest BCUT2D eigenvalue weighted by molar-refractivity contribution is 0.101. The molecule has 14 heteroatoms. The Morgan fingerprint density at radius 3 is 1.50 bits per heavy atom. The Balaban J connectivity index is 0.000000171. The highest BCUT2D eigenvalue weighted by Gasteiger charge is 2.21. The summed E-state index contributed by atoms with van der Waals surface area (Å²) in [5.41, 5.74) is 7.50. The number of carbonyl (C=O) groups is 2.